The zero-order valence-corrected chi connectivity index (χ0v) is 16.2. The highest BCUT2D eigenvalue weighted by atomic mass is 79.9. The van der Waals surface area contributed by atoms with E-state index < -0.39 is 11.9 Å². The predicted octanol–water partition coefficient (Wildman–Crippen LogP) is 3.99. The Bertz CT molecular complexity index is 852. The van der Waals surface area contributed by atoms with E-state index in [-0.39, 0.29) is 11.3 Å². The molecule has 1 aliphatic rings. The monoisotopic (exact) mass is 443 g/mol. The van der Waals surface area contributed by atoms with Crippen molar-refractivity contribution in [2.45, 2.75) is 12.5 Å². The van der Waals surface area contributed by atoms with Crippen molar-refractivity contribution in [1.82, 2.24) is 4.98 Å². The molecule has 0 unspecified atom stereocenters. The Balaban J connectivity index is 1.96. The molecule has 1 saturated heterocycles. The first kappa shape index (κ1) is 18.7. The molecular formula is C17H16BrClFN3O3. The number of ether oxygens (including phenoxy) is 2. The molecule has 0 saturated carbocycles. The molecule has 0 spiro atoms. The fourth-order valence-electron chi connectivity index (χ4n) is 2.98. The molecule has 9 heteroatoms. The van der Waals surface area contributed by atoms with Crippen LogP contribution in [0.5, 0.6) is 5.75 Å². The molecule has 138 valence electrons. The van der Waals surface area contributed by atoms with E-state index in [1.807, 2.05) is 4.90 Å². The van der Waals surface area contributed by atoms with E-state index in [1.165, 1.54) is 19.2 Å². The van der Waals surface area contributed by atoms with E-state index in [2.05, 4.69) is 20.9 Å². The van der Waals surface area contributed by atoms with Gasteiger partial charge in [0.25, 0.3) is 0 Å². The summed E-state index contributed by atoms with van der Waals surface area (Å²) in [6.45, 7) is 1.09. The van der Waals surface area contributed by atoms with Gasteiger partial charge < -0.3 is 20.1 Å². The first-order chi connectivity index (χ1) is 12.4. The molecule has 1 aromatic carbocycles. The van der Waals surface area contributed by atoms with Crippen molar-refractivity contribution in [3.8, 4) is 16.9 Å². The molecule has 26 heavy (non-hydrogen) atoms. The summed E-state index contributed by atoms with van der Waals surface area (Å²) >= 11 is 9.49. The van der Waals surface area contributed by atoms with Gasteiger partial charge in [0.05, 0.1) is 18.1 Å². The lowest BCUT2D eigenvalue weighted by molar-refractivity contribution is 0.117. The number of anilines is 1. The Kier molecular flexibility index (Phi) is 5.52. The zero-order chi connectivity index (χ0) is 18.8. The van der Waals surface area contributed by atoms with E-state index in [4.69, 9.17) is 26.8 Å². The summed E-state index contributed by atoms with van der Waals surface area (Å²) < 4.78 is 24.8. The number of halogens is 3. The molecule has 1 atom stereocenters. The Morgan fingerprint density at radius 3 is 2.88 bits per heavy atom. The summed E-state index contributed by atoms with van der Waals surface area (Å²) in [5.74, 6) is 0.694. The maximum Gasteiger partial charge on any atom is 0.404 e. The highest BCUT2D eigenvalue weighted by molar-refractivity contribution is 9.10. The van der Waals surface area contributed by atoms with Gasteiger partial charge >= 0.3 is 6.09 Å². The molecule has 0 aliphatic carbocycles. The Morgan fingerprint density at radius 2 is 2.19 bits per heavy atom. The molecule has 1 aromatic heterocycles. The molecule has 0 radical (unpaired) electrons. The lowest BCUT2D eigenvalue weighted by atomic mass is 10.1. The number of carbonyl (C=O) groups excluding carboxylic acids is 1. The number of methoxy groups -OCH3 is 1. The summed E-state index contributed by atoms with van der Waals surface area (Å²) in [5, 5.41) is 0.263. The molecule has 2 N–H and O–H groups in total. The number of nitrogens with zero attached hydrogens (tertiary/aromatic N) is 2. The first-order valence-electron chi connectivity index (χ1n) is 7.79. The highest BCUT2D eigenvalue weighted by Crippen LogP contribution is 2.39. The fourth-order valence-corrected chi connectivity index (χ4v) is 3.78. The average molecular weight is 445 g/mol. The lowest BCUT2D eigenvalue weighted by Crippen LogP contribution is -2.27. The zero-order valence-electron chi connectivity index (χ0n) is 13.8. The average Bonchev–Trinajstić information content (AvgIpc) is 3.01. The van der Waals surface area contributed by atoms with Crippen LogP contribution in [0.25, 0.3) is 11.1 Å². The van der Waals surface area contributed by atoms with Crippen molar-refractivity contribution in [2.75, 3.05) is 25.1 Å². The lowest BCUT2D eigenvalue weighted by Gasteiger charge is -2.19. The minimum Gasteiger partial charge on any atom is -0.495 e. The number of hydrogen-bond donors (Lipinski definition) is 1. The molecular weight excluding hydrogens is 429 g/mol. The summed E-state index contributed by atoms with van der Waals surface area (Å²) in [6, 6.07) is 6.14. The van der Waals surface area contributed by atoms with Crippen LogP contribution in [0, 0.1) is 5.82 Å². The van der Waals surface area contributed by atoms with Gasteiger partial charge in [-0.25, -0.2) is 14.2 Å². The van der Waals surface area contributed by atoms with Crippen molar-refractivity contribution >= 4 is 39.4 Å². The van der Waals surface area contributed by atoms with E-state index in [9.17, 15) is 9.18 Å². The van der Waals surface area contributed by atoms with Crippen molar-refractivity contribution in [1.29, 1.82) is 0 Å². The highest BCUT2D eigenvalue weighted by Gasteiger charge is 2.26. The van der Waals surface area contributed by atoms with Crippen LogP contribution in [0.15, 0.2) is 28.7 Å². The third-order valence-corrected chi connectivity index (χ3v) is 4.84. The summed E-state index contributed by atoms with van der Waals surface area (Å²) in [4.78, 5) is 17.2. The van der Waals surface area contributed by atoms with Crippen LogP contribution in [0.4, 0.5) is 15.0 Å². The third kappa shape index (κ3) is 4.02. The van der Waals surface area contributed by atoms with E-state index in [1.54, 1.807) is 12.1 Å². The van der Waals surface area contributed by atoms with Gasteiger partial charge in [0, 0.05) is 18.5 Å². The van der Waals surface area contributed by atoms with Gasteiger partial charge in [-0.2, -0.15) is 0 Å². The molecule has 1 amide bonds. The number of amides is 1. The van der Waals surface area contributed by atoms with Crippen LogP contribution in [-0.2, 0) is 4.74 Å². The van der Waals surface area contributed by atoms with Crippen LogP contribution < -0.4 is 15.4 Å². The van der Waals surface area contributed by atoms with Crippen LogP contribution in [-0.4, -0.2) is 37.4 Å². The van der Waals surface area contributed by atoms with Crippen LogP contribution in [0.2, 0.25) is 5.15 Å². The quantitative estimate of drug-likeness (QED) is 0.722. The second kappa shape index (κ2) is 7.67. The normalized spacial score (nSPS) is 16.6. The minimum atomic E-state index is -0.800. The maximum atomic E-state index is 13.9. The predicted molar refractivity (Wildman–Crippen MR) is 100 cm³/mol. The van der Waals surface area contributed by atoms with Crippen molar-refractivity contribution < 1.29 is 18.7 Å². The van der Waals surface area contributed by atoms with Crippen molar-refractivity contribution in [2.24, 2.45) is 5.73 Å². The van der Waals surface area contributed by atoms with Crippen molar-refractivity contribution in [3.63, 3.8) is 0 Å². The van der Waals surface area contributed by atoms with Crippen molar-refractivity contribution in [3.05, 3.63) is 39.7 Å². The summed E-state index contributed by atoms with van der Waals surface area (Å²) in [5.41, 5.74) is 6.28. The summed E-state index contributed by atoms with van der Waals surface area (Å²) in [6.07, 6.45) is -0.457. The fraction of sp³-hybridized carbons (Fsp3) is 0.294. The van der Waals surface area contributed by atoms with E-state index in [0.29, 0.717) is 46.7 Å². The number of aromatic nitrogens is 1. The van der Waals surface area contributed by atoms with Gasteiger partial charge in [0.2, 0.25) is 0 Å². The molecule has 3 rings (SSSR count). The van der Waals surface area contributed by atoms with Gasteiger partial charge in [-0.05, 0) is 45.8 Å². The van der Waals surface area contributed by atoms with E-state index in [0.717, 1.165) is 0 Å². The number of rotatable bonds is 4. The Hall–Kier alpha value is -2.06. The molecule has 2 heterocycles. The number of pyridine rings is 1. The number of hydrogen-bond acceptors (Lipinski definition) is 5. The molecule has 2 aromatic rings. The minimum absolute atomic E-state index is 0.263. The SMILES string of the molecule is COc1c(Br)cc(F)cc1-c1cc(Cl)nc(N2CC[C@H](OC(N)=O)C2)c1. The smallest absolute Gasteiger partial charge is 0.404 e. The molecule has 1 fully saturated rings. The Labute approximate surface area is 163 Å². The first-order valence-corrected chi connectivity index (χ1v) is 8.96. The molecule has 1 aliphatic heterocycles. The summed E-state index contributed by atoms with van der Waals surface area (Å²) in [7, 11) is 1.51. The van der Waals surface area contributed by atoms with Crippen LogP contribution >= 0.6 is 27.5 Å². The maximum absolute atomic E-state index is 13.9. The van der Waals surface area contributed by atoms with Crippen LogP contribution in [0.3, 0.4) is 0 Å². The van der Waals surface area contributed by atoms with Gasteiger partial charge in [0.1, 0.15) is 28.6 Å². The van der Waals surface area contributed by atoms with Gasteiger partial charge in [-0.3, -0.25) is 0 Å². The molecule has 6 nitrogen and oxygen atoms in total. The largest absolute Gasteiger partial charge is 0.495 e. The second-order valence-electron chi connectivity index (χ2n) is 5.80. The third-order valence-electron chi connectivity index (χ3n) is 4.06. The topological polar surface area (TPSA) is 77.7 Å². The standard InChI is InChI=1S/C17H16BrClFN3O3/c1-25-16-12(6-10(20)7-13(16)18)9-4-14(19)22-15(5-9)23-3-2-11(8-23)26-17(21)24/h4-7,11H,2-3,8H2,1H3,(H2,21,24)/t11-/m0/s1. The van der Waals surface area contributed by atoms with Gasteiger partial charge in [-0.15, -0.1) is 0 Å². The second-order valence-corrected chi connectivity index (χ2v) is 7.04. The number of carbonyl (C=O) groups is 1. The number of primary amides is 1. The number of nitrogens with two attached hydrogens (primary N) is 1. The van der Waals surface area contributed by atoms with E-state index >= 15 is 0 Å². The Morgan fingerprint density at radius 1 is 1.42 bits per heavy atom. The van der Waals surface area contributed by atoms with Gasteiger partial charge in [0.15, 0.2) is 0 Å². The number of benzene rings is 1. The molecule has 0 bridgehead atoms. The van der Waals surface area contributed by atoms with Crippen LogP contribution in [0.1, 0.15) is 6.42 Å². The van der Waals surface area contributed by atoms with Gasteiger partial charge in [-0.1, -0.05) is 11.6 Å².